The molecule has 4 heterocycles. The van der Waals surface area contributed by atoms with Crippen molar-refractivity contribution in [3.8, 4) is 11.4 Å². The van der Waals surface area contributed by atoms with Gasteiger partial charge in [0.15, 0.2) is 0 Å². The smallest absolute Gasteiger partial charge is 0.130 e. The molecule has 0 aliphatic carbocycles. The van der Waals surface area contributed by atoms with Crippen molar-refractivity contribution in [3.63, 3.8) is 0 Å². The summed E-state index contributed by atoms with van der Waals surface area (Å²) < 4.78 is 30.8. The zero-order valence-electron chi connectivity index (χ0n) is 36.9. The molecular formula is C48H60F2N10. The fraction of sp³-hybridized carbons (Fsp3) is 0.333. The number of halogens is 2. The Balaban J connectivity index is 0.000000152. The Morgan fingerprint density at radius 2 is 0.950 bits per heavy atom. The summed E-state index contributed by atoms with van der Waals surface area (Å²) in [5, 5.41) is 0. The van der Waals surface area contributed by atoms with E-state index in [1.54, 1.807) is 38.2 Å². The van der Waals surface area contributed by atoms with Crippen LogP contribution < -0.4 is 0 Å². The molecule has 0 spiro atoms. The fourth-order valence-corrected chi connectivity index (χ4v) is 6.50. The van der Waals surface area contributed by atoms with Crippen LogP contribution in [-0.2, 0) is 13.1 Å². The molecule has 2 aliphatic rings. The first kappa shape index (κ1) is 45.1. The molecule has 316 valence electrons. The highest BCUT2D eigenvalue weighted by atomic mass is 19.1. The SMILES string of the molecule is Cc1ccc(-n2ccnc2CN(C)C)cc1.Cc1ccc(-n2ccnc2CN(C)C)cc1F.Cc1ccc(C2=NCCN2C)cc1.Cc1ccc(C2=NCCN2C)cc1F. The van der Waals surface area contributed by atoms with E-state index in [-0.39, 0.29) is 11.6 Å². The van der Waals surface area contributed by atoms with Gasteiger partial charge in [0.2, 0.25) is 0 Å². The van der Waals surface area contributed by atoms with Crippen molar-refractivity contribution in [2.75, 3.05) is 68.5 Å². The quantitative estimate of drug-likeness (QED) is 0.155. The number of imidazole rings is 2. The number of aryl methyl sites for hydroxylation is 4. The van der Waals surface area contributed by atoms with Gasteiger partial charge in [0, 0.05) is 74.5 Å². The number of aromatic nitrogens is 4. The van der Waals surface area contributed by atoms with Crippen LogP contribution in [0.3, 0.4) is 0 Å². The molecular weight excluding hydrogens is 755 g/mol. The summed E-state index contributed by atoms with van der Waals surface area (Å²) in [5.74, 6) is 3.63. The molecule has 0 radical (unpaired) electrons. The monoisotopic (exact) mass is 814 g/mol. The number of hydrogen-bond donors (Lipinski definition) is 0. The van der Waals surface area contributed by atoms with Crippen molar-refractivity contribution < 1.29 is 8.78 Å². The van der Waals surface area contributed by atoms with Gasteiger partial charge in [0.25, 0.3) is 0 Å². The first-order valence-electron chi connectivity index (χ1n) is 20.2. The van der Waals surface area contributed by atoms with E-state index in [4.69, 9.17) is 0 Å². The molecule has 0 N–H and O–H groups in total. The van der Waals surface area contributed by atoms with Gasteiger partial charge >= 0.3 is 0 Å². The maximum Gasteiger partial charge on any atom is 0.130 e. The lowest BCUT2D eigenvalue weighted by Crippen LogP contribution is -2.23. The lowest BCUT2D eigenvalue weighted by molar-refractivity contribution is 0.388. The molecule has 0 amide bonds. The Morgan fingerprint density at radius 3 is 1.40 bits per heavy atom. The molecule has 0 fully saturated rings. The van der Waals surface area contributed by atoms with Gasteiger partial charge in [0.05, 0.1) is 26.2 Å². The molecule has 4 aromatic carbocycles. The van der Waals surface area contributed by atoms with Crippen molar-refractivity contribution in [2.24, 2.45) is 9.98 Å². The largest absolute Gasteiger partial charge is 0.358 e. The molecule has 0 atom stereocenters. The topological polar surface area (TPSA) is 73.3 Å². The zero-order chi connectivity index (χ0) is 43.3. The van der Waals surface area contributed by atoms with Gasteiger partial charge in [0.1, 0.15) is 35.0 Å². The van der Waals surface area contributed by atoms with E-state index >= 15 is 0 Å². The van der Waals surface area contributed by atoms with Crippen LogP contribution in [-0.4, -0.2) is 119 Å². The van der Waals surface area contributed by atoms with Crippen LogP contribution in [0, 0.1) is 39.3 Å². The predicted molar refractivity (Wildman–Crippen MR) is 242 cm³/mol. The van der Waals surface area contributed by atoms with Gasteiger partial charge in [-0.2, -0.15) is 0 Å². The Hall–Kier alpha value is -5.98. The highest BCUT2D eigenvalue weighted by Crippen LogP contribution is 2.17. The van der Waals surface area contributed by atoms with Gasteiger partial charge < -0.3 is 28.7 Å². The normalized spacial score (nSPS) is 13.3. The van der Waals surface area contributed by atoms with E-state index in [1.807, 2.05) is 80.3 Å². The summed E-state index contributed by atoms with van der Waals surface area (Å²) in [7, 11) is 12.1. The van der Waals surface area contributed by atoms with E-state index in [0.717, 1.165) is 73.8 Å². The van der Waals surface area contributed by atoms with Crippen LogP contribution in [0.5, 0.6) is 0 Å². The third kappa shape index (κ3) is 12.5. The summed E-state index contributed by atoms with van der Waals surface area (Å²) in [6.45, 7) is 13.0. The average Bonchev–Trinajstić information content (AvgIpc) is 4.05. The van der Waals surface area contributed by atoms with Crippen LogP contribution in [0.25, 0.3) is 11.4 Å². The number of nitrogens with zero attached hydrogens (tertiary/aromatic N) is 10. The first-order valence-corrected chi connectivity index (χ1v) is 20.2. The maximum absolute atomic E-state index is 13.5. The molecule has 2 aromatic heterocycles. The summed E-state index contributed by atoms with van der Waals surface area (Å²) in [5.41, 5.74) is 7.97. The summed E-state index contributed by atoms with van der Waals surface area (Å²) >= 11 is 0. The second-order valence-electron chi connectivity index (χ2n) is 15.8. The zero-order valence-corrected chi connectivity index (χ0v) is 36.9. The number of rotatable bonds is 8. The highest BCUT2D eigenvalue weighted by Gasteiger charge is 2.16. The Kier molecular flexibility index (Phi) is 16.0. The van der Waals surface area contributed by atoms with Crippen LogP contribution in [0.15, 0.2) is 120 Å². The van der Waals surface area contributed by atoms with Crippen LogP contribution in [0.4, 0.5) is 8.78 Å². The van der Waals surface area contributed by atoms with Gasteiger partial charge in [-0.05, 0) is 97.3 Å². The van der Waals surface area contributed by atoms with Gasteiger partial charge in [-0.15, -0.1) is 0 Å². The number of aliphatic imine (C=N–C) groups is 2. The lowest BCUT2D eigenvalue weighted by Gasteiger charge is -2.13. The lowest BCUT2D eigenvalue weighted by atomic mass is 10.1. The van der Waals surface area contributed by atoms with Crippen LogP contribution >= 0.6 is 0 Å². The summed E-state index contributed by atoms with van der Waals surface area (Å²) in [4.78, 5) is 25.8. The molecule has 0 saturated carbocycles. The van der Waals surface area contributed by atoms with Gasteiger partial charge in [-0.3, -0.25) is 9.98 Å². The molecule has 12 heteroatoms. The number of likely N-dealkylation sites (N-methyl/N-ethyl adjacent to an activating group) is 2. The molecule has 2 aliphatic heterocycles. The Labute approximate surface area is 355 Å². The van der Waals surface area contributed by atoms with Crippen molar-refractivity contribution in [1.29, 1.82) is 0 Å². The van der Waals surface area contributed by atoms with E-state index in [9.17, 15) is 8.78 Å². The van der Waals surface area contributed by atoms with Crippen molar-refractivity contribution in [3.05, 3.63) is 166 Å². The second-order valence-corrected chi connectivity index (χ2v) is 15.8. The number of amidine groups is 2. The van der Waals surface area contributed by atoms with Crippen molar-refractivity contribution >= 4 is 11.7 Å². The molecule has 6 aromatic rings. The van der Waals surface area contributed by atoms with E-state index < -0.39 is 0 Å². The molecule has 60 heavy (non-hydrogen) atoms. The van der Waals surface area contributed by atoms with Crippen molar-refractivity contribution in [1.82, 2.24) is 38.7 Å². The standard InChI is InChI=1S/C13H16FN3.C13H17N3.C11H13FN2.C11H14N2/c1-10-4-5-11(8-12(10)14)17-7-6-15-13(17)9-16(2)3;1-11-4-6-12(7-5-11)16-9-8-14-13(16)10-15(2)3;1-8-3-4-9(7-10(8)12)11-13-5-6-14(11)2;1-9-3-5-10(6-4-9)11-12-7-8-13(11)2/h4-8H,9H2,1-3H3;4-9H,10H2,1-3H3;3-4,7H,5-6H2,1-2H3;3-6H,7-8H2,1-2H3. The van der Waals surface area contributed by atoms with E-state index in [1.165, 1.54) is 28.4 Å². The molecule has 0 unspecified atom stereocenters. The predicted octanol–water partition coefficient (Wildman–Crippen LogP) is 8.14. The summed E-state index contributed by atoms with van der Waals surface area (Å²) in [6.07, 6.45) is 7.43. The minimum absolute atomic E-state index is 0.162. The minimum atomic E-state index is -0.188. The molecule has 8 rings (SSSR count). The van der Waals surface area contributed by atoms with E-state index in [2.05, 4.69) is 104 Å². The Bertz CT molecular complexity index is 2340. The molecule has 0 bridgehead atoms. The third-order valence-electron chi connectivity index (χ3n) is 9.95. The van der Waals surface area contributed by atoms with Crippen LogP contribution in [0.2, 0.25) is 0 Å². The maximum atomic E-state index is 13.5. The molecule has 10 nitrogen and oxygen atoms in total. The van der Waals surface area contributed by atoms with Gasteiger partial charge in [-0.1, -0.05) is 65.7 Å². The fourth-order valence-electron chi connectivity index (χ4n) is 6.50. The van der Waals surface area contributed by atoms with Crippen molar-refractivity contribution in [2.45, 2.75) is 40.8 Å². The minimum Gasteiger partial charge on any atom is -0.358 e. The molecule has 0 saturated heterocycles. The number of hydrogen-bond acceptors (Lipinski definition) is 8. The first-order chi connectivity index (χ1) is 28.7. The van der Waals surface area contributed by atoms with Gasteiger partial charge in [-0.25, -0.2) is 18.7 Å². The summed E-state index contributed by atoms with van der Waals surface area (Å²) in [6, 6.07) is 27.5. The average molecular weight is 815 g/mol. The second kappa shape index (κ2) is 21.3. The van der Waals surface area contributed by atoms with Crippen LogP contribution in [0.1, 0.15) is 45.0 Å². The van der Waals surface area contributed by atoms with E-state index in [0.29, 0.717) is 11.1 Å². The Morgan fingerprint density at radius 1 is 0.533 bits per heavy atom. The highest BCUT2D eigenvalue weighted by molar-refractivity contribution is 6.00. The number of benzene rings is 4. The third-order valence-corrected chi connectivity index (χ3v) is 9.95.